The third-order valence-electron chi connectivity index (χ3n) is 6.50. The van der Waals surface area contributed by atoms with E-state index in [1.54, 1.807) is 18.2 Å². The highest BCUT2D eigenvalue weighted by Crippen LogP contribution is 2.22. The number of carbonyl (C=O) groups is 2. The monoisotopic (exact) mass is 496 g/mol. The third kappa shape index (κ3) is 8.49. The lowest BCUT2D eigenvalue weighted by atomic mass is 9.95. The molecule has 6 nitrogen and oxygen atoms in total. The van der Waals surface area contributed by atoms with Crippen molar-refractivity contribution in [2.75, 3.05) is 33.2 Å². The lowest BCUT2D eigenvalue weighted by Crippen LogP contribution is -2.49. The minimum atomic E-state index is -0.273. The molecule has 7 heteroatoms. The van der Waals surface area contributed by atoms with Crippen LogP contribution in [-0.4, -0.2) is 62.0 Å². The van der Waals surface area contributed by atoms with Crippen LogP contribution in [0.4, 0.5) is 0 Å². The van der Waals surface area contributed by atoms with Crippen LogP contribution in [0.1, 0.15) is 43.2 Å². The largest absolute Gasteiger partial charge is 0.351 e. The van der Waals surface area contributed by atoms with Gasteiger partial charge in [-0.2, -0.15) is 0 Å². The summed E-state index contributed by atoms with van der Waals surface area (Å²) in [5, 5.41) is 10.3. The van der Waals surface area contributed by atoms with E-state index in [-0.39, 0.29) is 23.9 Å². The molecule has 3 unspecified atom stereocenters. The Morgan fingerprint density at radius 3 is 2.63 bits per heavy atom. The van der Waals surface area contributed by atoms with Gasteiger partial charge in [0.05, 0.1) is 6.04 Å². The first-order valence-electron chi connectivity index (χ1n) is 12.5. The summed E-state index contributed by atoms with van der Waals surface area (Å²) in [6.45, 7) is 4.77. The first-order chi connectivity index (χ1) is 17.0. The molecule has 1 aliphatic rings. The van der Waals surface area contributed by atoms with Crippen LogP contribution < -0.4 is 16.0 Å². The van der Waals surface area contributed by atoms with Gasteiger partial charge in [-0.15, -0.1) is 0 Å². The Kier molecular flexibility index (Phi) is 10.8. The minimum absolute atomic E-state index is 0.0236. The van der Waals surface area contributed by atoms with Crippen LogP contribution in [0.2, 0.25) is 5.02 Å². The average Bonchev–Trinajstić information content (AvgIpc) is 3.03. The van der Waals surface area contributed by atoms with Gasteiger partial charge in [0.25, 0.3) is 0 Å². The van der Waals surface area contributed by atoms with E-state index in [2.05, 4.69) is 47.1 Å². The smallest absolute Gasteiger partial charge is 0.244 e. The molecule has 0 aliphatic carbocycles. The standard InChI is InChI=1S/C28H37ClN4O2/c1-3-22(23-7-5-4-6-8-23)20-33-18-16-25(32-26(28(33)35)15-17-30-2)19-31-27(34)14-11-21-9-12-24(29)13-10-21/h4-14,22,25-26,30,32H,3,15-20H2,1-2H3,(H,31,34)/b14-11+. The van der Waals surface area contributed by atoms with Crippen molar-refractivity contribution in [1.29, 1.82) is 0 Å². The summed E-state index contributed by atoms with van der Waals surface area (Å²) in [5.41, 5.74) is 2.18. The number of nitrogens with one attached hydrogen (secondary N) is 3. The van der Waals surface area contributed by atoms with Gasteiger partial charge in [0.2, 0.25) is 11.8 Å². The summed E-state index contributed by atoms with van der Waals surface area (Å²) >= 11 is 5.91. The van der Waals surface area contributed by atoms with Crippen molar-refractivity contribution in [2.45, 2.75) is 44.2 Å². The van der Waals surface area contributed by atoms with Crippen LogP contribution in [0.15, 0.2) is 60.7 Å². The second-order valence-electron chi connectivity index (χ2n) is 9.03. The summed E-state index contributed by atoms with van der Waals surface area (Å²) in [4.78, 5) is 27.8. The molecule has 2 amide bonds. The molecule has 35 heavy (non-hydrogen) atoms. The van der Waals surface area contributed by atoms with Crippen LogP contribution in [0.25, 0.3) is 6.08 Å². The molecule has 0 radical (unpaired) electrons. The SMILES string of the molecule is CCC(CN1CCC(CNC(=O)/C=C/c2ccc(Cl)cc2)NC(CCNC)C1=O)c1ccccc1. The summed E-state index contributed by atoms with van der Waals surface area (Å²) in [6.07, 6.45) is 5.76. The Labute approximate surface area is 214 Å². The van der Waals surface area contributed by atoms with Crippen LogP contribution in [0.5, 0.6) is 0 Å². The number of hydrogen-bond donors (Lipinski definition) is 3. The number of rotatable bonds is 11. The van der Waals surface area contributed by atoms with Gasteiger partial charge in [-0.25, -0.2) is 0 Å². The molecule has 3 rings (SSSR count). The maximum atomic E-state index is 13.4. The Hall–Kier alpha value is -2.67. The van der Waals surface area contributed by atoms with E-state index in [1.165, 1.54) is 11.6 Å². The molecule has 0 spiro atoms. The molecular weight excluding hydrogens is 460 g/mol. The lowest BCUT2D eigenvalue weighted by molar-refractivity contribution is -0.133. The molecule has 1 heterocycles. The van der Waals surface area contributed by atoms with Crippen molar-refractivity contribution in [3.05, 3.63) is 76.8 Å². The van der Waals surface area contributed by atoms with Crippen molar-refractivity contribution in [2.24, 2.45) is 0 Å². The molecule has 188 valence electrons. The van der Waals surface area contributed by atoms with Crippen molar-refractivity contribution in [3.8, 4) is 0 Å². The zero-order valence-corrected chi connectivity index (χ0v) is 21.4. The van der Waals surface area contributed by atoms with E-state index in [0.717, 1.165) is 24.9 Å². The predicted molar refractivity (Wildman–Crippen MR) is 143 cm³/mol. The quantitative estimate of drug-likeness (QED) is 0.413. The maximum absolute atomic E-state index is 13.4. The van der Waals surface area contributed by atoms with Crippen molar-refractivity contribution < 1.29 is 9.59 Å². The zero-order chi connectivity index (χ0) is 25.0. The van der Waals surface area contributed by atoms with Gasteiger partial charge in [-0.3, -0.25) is 9.59 Å². The van der Waals surface area contributed by atoms with Gasteiger partial charge in [0.1, 0.15) is 0 Å². The van der Waals surface area contributed by atoms with Crippen LogP contribution in [0, 0.1) is 0 Å². The average molecular weight is 497 g/mol. The molecule has 3 N–H and O–H groups in total. The molecule has 3 atom stereocenters. The van der Waals surface area contributed by atoms with Crippen LogP contribution >= 0.6 is 11.6 Å². The van der Waals surface area contributed by atoms with Gasteiger partial charge in [-0.1, -0.05) is 61.0 Å². The topological polar surface area (TPSA) is 73.5 Å². The van der Waals surface area contributed by atoms with Gasteiger partial charge in [0, 0.05) is 42.7 Å². The van der Waals surface area contributed by atoms with E-state index in [4.69, 9.17) is 11.6 Å². The Balaban J connectivity index is 1.61. The Morgan fingerprint density at radius 1 is 1.20 bits per heavy atom. The zero-order valence-electron chi connectivity index (χ0n) is 20.7. The van der Waals surface area contributed by atoms with Gasteiger partial charge < -0.3 is 20.9 Å². The summed E-state index contributed by atoms with van der Waals surface area (Å²) in [6, 6.07) is 17.5. The number of benzene rings is 2. The minimum Gasteiger partial charge on any atom is -0.351 e. The lowest BCUT2D eigenvalue weighted by Gasteiger charge is -2.28. The molecular formula is C28H37ClN4O2. The second-order valence-corrected chi connectivity index (χ2v) is 9.46. The molecule has 1 saturated heterocycles. The highest BCUT2D eigenvalue weighted by molar-refractivity contribution is 6.30. The van der Waals surface area contributed by atoms with E-state index in [1.807, 2.05) is 30.1 Å². The van der Waals surface area contributed by atoms with E-state index < -0.39 is 0 Å². The second kappa shape index (κ2) is 14.0. The fourth-order valence-electron chi connectivity index (χ4n) is 4.41. The van der Waals surface area contributed by atoms with Crippen molar-refractivity contribution in [1.82, 2.24) is 20.9 Å². The van der Waals surface area contributed by atoms with E-state index >= 15 is 0 Å². The number of carbonyl (C=O) groups excluding carboxylic acids is 2. The van der Waals surface area contributed by atoms with E-state index in [0.29, 0.717) is 37.0 Å². The van der Waals surface area contributed by atoms with Crippen LogP contribution in [0.3, 0.4) is 0 Å². The van der Waals surface area contributed by atoms with Crippen molar-refractivity contribution >= 4 is 29.5 Å². The Morgan fingerprint density at radius 2 is 1.94 bits per heavy atom. The summed E-state index contributed by atoms with van der Waals surface area (Å²) in [5.74, 6) is 0.293. The molecule has 0 saturated carbocycles. The predicted octanol–water partition coefficient (Wildman–Crippen LogP) is 3.83. The Bertz CT molecular complexity index is 965. The molecule has 1 fully saturated rings. The fourth-order valence-corrected chi connectivity index (χ4v) is 4.54. The summed E-state index contributed by atoms with van der Waals surface area (Å²) in [7, 11) is 1.90. The normalized spacial score (nSPS) is 19.5. The molecule has 1 aliphatic heterocycles. The van der Waals surface area contributed by atoms with Gasteiger partial charge in [0.15, 0.2) is 0 Å². The van der Waals surface area contributed by atoms with E-state index in [9.17, 15) is 9.59 Å². The van der Waals surface area contributed by atoms with Gasteiger partial charge >= 0.3 is 0 Å². The number of amides is 2. The number of nitrogens with zero attached hydrogens (tertiary/aromatic N) is 1. The molecule has 2 aromatic carbocycles. The first kappa shape index (κ1) is 26.9. The molecule has 0 aromatic heterocycles. The number of hydrogen-bond acceptors (Lipinski definition) is 4. The van der Waals surface area contributed by atoms with Gasteiger partial charge in [-0.05, 0) is 62.2 Å². The molecule has 0 bridgehead atoms. The number of halogens is 1. The maximum Gasteiger partial charge on any atom is 0.244 e. The highest BCUT2D eigenvalue weighted by Gasteiger charge is 2.31. The summed E-state index contributed by atoms with van der Waals surface area (Å²) < 4.78 is 0. The first-order valence-corrected chi connectivity index (χ1v) is 12.8. The molecule has 2 aromatic rings. The fraction of sp³-hybridized carbons (Fsp3) is 0.429. The third-order valence-corrected chi connectivity index (χ3v) is 6.75. The van der Waals surface area contributed by atoms with Crippen LogP contribution in [-0.2, 0) is 9.59 Å². The van der Waals surface area contributed by atoms with Crippen molar-refractivity contribution in [3.63, 3.8) is 0 Å². The highest BCUT2D eigenvalue weighted by atomic mass is 35.5.